The number of benzene rings is 1. The monoisotopic (exact) mass is 791 g/mol. The van der Waals surface area contributed by atoms with Crippen LogP contribution in [0.25, 0.3) is 32.9 Å². The molecule has 1 aromatic carbocycles. The first-order chi connectivity index (χ1) is 27.5. The van der Waals surface area contributed by atoms with Gasteiger partial charge in [-0.05, 0) is 60.8 Å². The average Bonchev–Trinajstić information content (AvgIpc) is 3.99. The Kier molecular flexibility index (Phi) is 10.7. The standard InChI is InChI=1S/C41H45N9O6S/c1-22(2)37(41(54)50-20-28(51)15-33(50)40(53)44-23(3)25-9-10-30(42-17-25)38-24(4)43-21-57-38)35-16-36(48-56-35)55-12-11-49-18-27(19-49)31-13-26-14-32(46-47-39(26)45-31)29-7-5-6-8-34(29)52/h5-10,13-14,16-17,21-23,27-28,33,37,51-52H,11-12,15,18-20H2,1-4H3,(H,44,53)(H,45,47)/t23-,28+,33-,37+/m0/s1. The predicted molar refractivity (Wildman–Crippen MR) is 213 cm³/mol. The molecule has 2 saturated heterocycles. The molecule has 7 heterocycles. The third-order valence-electron chi connectivity index (χ3n) is 10.9. The number of hydrogen-bond acceptors (Lipinski definition) is 13. The van der Waals surface area contributed by atoms with Gasteiger partial charge < -0.3 is 34.7 Å². The summed E-state index contributed by atoms with van der Waals surface area (Å²) in [6.45, 7) is 10.4. The van der Waals surface area contributed by atoms with E-state index in [9.17, 15) is 19.8 Å². The van der Waals surface area contributed by atoms with E-state index in [4.69, 9.17) is 9.26 Å². The van der Waals surface area contributed by atoms with Gasteiger partial charge in [-0.2, -0.15) is 0 Å². The van der Waals surface area contributed by atoms with E-state index in [0.29, 0.717) is 41.7 Å². The van der Waals surface area contributed by atoms with Crippen LogP contribution in [0.2, 0.25) is 0 Å². The fraction of sp³-hybridized carbons (Fsp3) is 0.390. The zero-order chi connectivity index (χ0) is 39.8. The molecular weight excluding hydrogens is 747 g/mol. The number of likely N-dealkylation sites (tertiary alicyclic amines) is 2. The van der Waals surface area contributed by atoms with Crippen molar-refractivity contribution in [2.24, 2.45) is 5.92 Å². The van der Waals surface area contributed by atoms with Crippen LogP contribution in [-0.2, 0) is 9.59 Å². The van der Waals surface area contributed by atoms with Crippen LogP contribution in [-0.4, -0.2) is 107 Å². The Morgan fingerprint density at radius 3 is 2.61 bits per heavy atom. The van der Waals surface area contributed by atoms with E-state index < -0.39 is 18.1 Å². The number of pyridine rings is 1. The van der Waals surface area contributed by atoms with Crippen molar-refractivity contribution >= 4 is 34.2 Å². The van der Waals surface area contributed by atoms with Crippen molar-refractivity contribution in [2.75, 3.05) is 32.8 Å². The summed E-state index contributed by atoms with van der Waals surface area (Å²) in [5.41, 5.74) is 7.39. The number of rotatable bonds is 13. The SMILES string of the molecule is Cc1ncsc1-c1ccc([C@H](C)NC(=O)[C@@H]2C[C@@H](O)CN2C(=O)[C@@H](c2cc(OCCN3CC(c4cc5cc(-c6ccccc6O)nnc5[nH]4)C3)no2)C(C)C)cn1. The lowest BCUT2D eigenvalue weighted by molar-refractivity contribution is -0.141. The molecule has 15 nitrogen and oxygen atoms in total. The molecule has 296 valence electrons. The number of H-pyrrole nitrogens is 1. The summed E-state index contributed by atoms with van der Waals surface area (Å²) in [5.74, 6) is -0.470. The number of aromatic amines is 1. The Morgan fingerprint density at radius 1 is 1.05 bits per heavy atom. The molecule has 2 aliphatic heterocycles. The highest BCUT2D eigenvalue weighted by atomic mass is 32.1. The fourth-order valence-corrected chi connectivity index (χ4v) is 8.45. The van der Waals surface area contributed by atoms with Crippen molar-refractivity contribution in [3.63, 3.8) is 0 Å². The van der Waals surface area contributed by atoms with E-state index in [2.05, 4.69) is 46.6 Å². The van der Waals surface area contributed by atoms with Gasteiger partial charge in [0.1, 0.15) is 24.3 Å². The van der Waals surface area contributed by atoms with Crippen molar-refractivity contribution in [3.8, 4) is 33.5 Å². The molecule has 0 saturated carbocycles. The minimum atomic E-state index is -0.846. The lowest BCUT2D eigenvalue weighted by atomic mass is 9.91. The molecule has 0 aliphatic carbocycles. The van der Waals surface area contributed by atoms with Gasteiger partial charge in [0, 0.05) is 67.4 Å². The van der Waals surface area contributed by atoms with E-state index in [-0.39, 0.29) is 48.4 Å². The van der Waals surface area contributed by atoms with Crippen molar-refractivity contribution in [3.05, 3.63) is 89.0 Å². The highest BCUT2D eigenvalue weighted by Gasteiger charge is 2.43. The number of para-hydroxylation sites is 1. The van der Waals surface area contributed by atoms with Gasteiger partial charge in [-0.3, -0.25) is 19.5 Å². The zero-order valence-electron chi connectivity index (χ0n) is 32.1. The first-order valence-electron chi connectivity index (χ1n) is 19.1. The number of aromatic nitrogens is 6. The summed E-state index contributed by atoms with van der Waals surface area (Å²) in [6.07, 6.45) is 1.04. The smallest absolute Gasteiger partial charge is 0.254 e. The van der Waals surface area contributed by atoms with Crippen molar-refractivity contribution < 1.29 is 29.1 Å². The second-order valence-electron chi connectivity index (χ2n) is 15.2. The number of carbonyl (C=O) groups excluding carboxylic acids is 2. The molecule has 6 aromatic rings. The van der Waals surface area contributed by atoms with Crippen LogP contribution < -0.4 is 10.1 Å². The lowest BCUT2D eigenvalue weighted by Crippen LogP contribution is -2.48. The number of aromatic hydroxyl groups is 1. The summed E-state index contributed by atoms with van der Waals surface area (Å²) in [5, 5.41) is 37.6. The van der Waals surface area contributed by atoms with E-state index >= 15 is 0 Å². The molecular formula is C41H45N9O6S. The molecule has 0 spiro atoms. The molecule has 0 radical (unpaired) electrons. The lowest BCUT2D eigenvalue weighted by Gasteiger charge is -2.38. The van der Waals surface area contributed by atoms with Crippen LogP contribution in [0.1, 0.15) is 67.8 Å². The number of amides is 2. The van der Waals surface area contributed by atoms with E-state index in [1.54, 1.807) is 29.9 Å². The van der Waals surface area contributed by atoms with Crippen molar-refractivity contribution in [2.45, 2.75) is 64.1 Å². The van der Waals surface area contributed by atoms with Gasteiger partial charge >= 0.3 is 0 Å². The van der Waals surface area contributed by atoms with Crippen LogP contribution in [0, 0.1) is 12.8 Å². The third-order valence-corrected chi connectivity index (χ3v) is 11.8. The summed E-state index contributed by atoms with van der Waals surface area (Å²) in [6, 6.07) is 15.4. The first kappa shape index (κ1) is 38.2. The van der Waals surface area contributed by atoms with Gasteiger partial charge in [-0.1, -0.05) is 32.0 Å². The van der Waals surface area contributed by atoms with Gasteiger partial charge in [0.05, 0.1) is 39.6 Å². The minimum Gasteiger partial charge on any atom is -0.507 e. The van der Waals surface area contributed by atoms with E-state index in [1.165, 1.54) is 16.2 Å². The summed E-state index contributed by atoms with van der Waals surface area (Å²) in [4.78, 5) is 44.7. The molecule has 4 atom stereocenters. The molecule has 2 fully saturated rings. The molecule has 0 bridgehead atoms. The van der Waals surface area contributed by atoms with Crippen LogP contribution in [0.4, 0.5) is 0 Å². The fourth-order valence-electron chi connectivity index (χ4n) is 7.67. The molecule has 0 unspecified atom stereocenters. The molecule has 2 amide bonds. The maximum atomic E-state index is 14.1. The number of hydrogen-bond donors (Lipinski definition) is 4. The number of aliphatic hydroxyl groups is 1. The number of ether oxygens (including phenoxy) is 1. The number of fused-ring (bicyclic) bond motifs is 1. The average molecular weight is 792 g/mol. The molecule has 16 heteroatoms. The second kappa shape index (κ2) is 16.0. The Labute approximate surface area is 333 Å². The molecule has 8 rings (SSSR count). The van der Waals surface area contributed by atoms with Crippen LogP contribution in [0.15, 0.2) is 70.8 Å². The van der Waals surface area contributed by atoms with E-state index in [0.717, 1.165) is 46.0 Å². The first-order valence-corrected chi connectivity index (χ1v) is 20.0. The number of β-amino-alcohol motifs (C(OH)–C–C–N with tert-alkyl or cyclic N) is 1. The van der Waals surface area contributed by atoms with Gasteiger partial charge in [0.2, 0.25) is 11.8 Å². The molecule has 57 heavy (non-hydrogen) atoms. The Balaban J connectivity index is 0.838. The normalized spacial score (nSPS) is 18.5. The predicted octanol–water partition coefficient (Wildman–Crippen LogP) is 5.20. The molecule has 5 aromatic heterocycles. The quantitative estimate of drug-likeness (QED) is 0.120. The van der Waals surface area contributed by atoms with Gasteiger partial charge in [-0.15, -0.1) is 21.5 Å². The largest absolute Gasteiger partial charge is 0.507 e. The van der Waals surface area contributed by atoms with Crippen LogP contribution in [0.5, 0.6) is 11.6 Å². The number of nitrogens with one attached hydrogen (secondary N) is 2. The number of aryl methyl sites for hydroxylation is 1. The van der Waals surface area contributed by atoms with E-state index in [1.807, 2.05) is 58.0 Å². The Hall–Kier alpha value is -5.71. The summed E-state index contributed by atoms with van der Waals surface area (Å²) in [7, 11) is 0. The Bertz CT molecular complexity index is 2370. The number of thiazole rings is 1. The second-order valence-corrected chi connectivity index (χ2v) is 16.1. The van der Waals surface area contributed by atoms with Crippen LogP contribution >= 0.6 is 11.3 Å². The van der Waals surface area contributed by atoms with Gasteiger partial charge in [0.15, 0.2) is 11.4 Å². The molecule has 2 aliphatic rings. The highest BCUT2D eigenvalue weighted by Crippen LogP contribution is 2.34. The summed E-state index contributed by atoms with van der Waals surface area (Å²) >= 11 is 1.53. The number of aliphatic hydroxyl groups excluding tert-OH is 1. The number of phenolic OH excluding ortho intramolecular Hbond substituents is 1. The van der Waals surface area contributed by atoms with Gasteiger partial charge in [0.25, 0.3) is 5.88 Å². The number of phenols is 1. The topological polar surface area (TPSA) is 196 Å². The maximum Gasteiger partial charge on any atom is 0.254 e. The number of carbonyl (C=O) groups is 2. The minimum absolute atomic E-state index is 0.0402. The number of nitrogens with zero attached hydrogens (tertiary/aromatic N) is 7. The van der Waals surface area contributed by atoms with Gasteiger partial charge in [-0.25, -0.2) is 4.98 Å². The van der Waals surface area contributed by atoms with Crippen LogP contribution in [0.3, 0.4) is 0 Å². The zero-order valence-corrected chi connectivity index (χ0v) is 32.9. The van der Waals surface area contributed by atoms with Crippen molar-refractivity contribution in [1.82, 2.24) is 45.4 Å². The molecule has 4 N–H and O–H groups in total. The highest BCUT2D eigenvalue weighted by molar-refractivity contribution is 7.13. The maximum absolute atomic E-state index is 14.1. The Morgan fingerprint density at radius 2 is 1.88 bits per heavy atom. The van der Waals surface area contributed by atoms with Crippen molar-refractivity contribution in [1.29, 1.82) is 0 Å². The summed E-state index contributed by atoms with van der Waals surface area (Å²) < 4.78 is 11.6. The third kappa shape index (κ3) is 7.97.